The number of aliphatic hydroxyl groups excluding tert-OH is 1. The summed E-state index contributed by atoms with van der Waals surface area (Å²) in [6.45, 7) is 1.95. The summed E-state index contributed by atoms with van der Waals surface area (Å²) in [6, 6.07) is -0.122. The lowest BCUT2D eigenvalue weighted by Gasteiger charge is -2.28. The van der Waals surface area contributed by atoms with Gasteiger partial charge in [0, 0.05) is 0 Å². The molecule has 0 saturated heterocycles. The molecule has 0 spiro atoms. The number of hydrogen-bond donors (Lipinski definition) is 2. The van der Waals surface area contributed by atoms with Gasteiger partial charge in [-0.15, -0.1) is 5.10 Å². The van der Waals surface area contributed by atoms with Crippen LogP contribution in [0.25, 0.3) is 0 Å². The summed E-state index contributed by atoms with van der Waals surface area (Å²) in [5.74, 6) is -0.150. The average molecular weight is 255 g/mol. The highest BCUT2D eigenvalue weighted by molar-refractivity contribution is 7.08. The van der Waals surface area contributed by atoms with E-state index in [0.717, 1.165) is 42.9 Å². The lowest BCUT2D eigenvalue weighted by atomic mass is 9.92. The van der Waals surface area contributed by atoms with E-state index < -0.39 is 6.10 Å². The molecule has 2 N–H and O–H groups in total. The minimum atomic E-state index is -0.418. The minimum Gasteiger partial charge on any atom is -0.391 e. The van der Waals surface area contributed by atoms with E-state index in [4.69, 9.17) is 0 Å². The molecule has 1 saturated carbocycles. The number of rotatable bonds is 3. The molecule has 1 aromatic rings. The molecule has 0 aliphatic heterocycles. The van der Waals surface area contributed by atoms with Gasteiger partial charge in [-0.05, 0) is 30.8 Å². The molecule has 2 rings (SSSR count). The predicted molar refractivity (Wildman–Crippen MR) is 65.0 cm³/mol. The molecule has 17 heavy (non-hydrogen) atoms. The van der Waals surface area contributed by atoms with Gasteiger partial charge >= 0.3 is 0 Å². The maximum Gasteiger partial charge on any atom is 0.265 e. The molecule has 1 amide bonds. The van der Waals surface area contributed by atoms with Crippen molar-refractivity contribution in [3.63, 3.8) is 0 Å². The van der Waals surface area contributed by atoms with Gasteiger partial charge in [-0.3, -0.25) is 4.79 Å². The van der Waals surface area contributed by atoms with Gasteiger partial charge < -0.3 is 10.4 Å². The number of aliphatic hydroxyl groups is 1. The fraction of sp³-hybridized carbons (Fsp3) is 0.727. The first-order valence-corrected chi connectivity index (χ1v) is 6.80. The maximum absolute atomic E-state index is 12.0. The van der Waals surface area contributed by atoms with Gasteiger partial charge in [0.25, 0.3) is 5.91 Å². The van der Waals surface area contributed by atoms with Crippen molar-refractivity contribution in [3.05, 3.63) is 10.6 Å². The van der Waals surface area contributed by atoms with Crippen LogP contribution in [0.3, 0.4) is 0 Å². The predicted octanol–water partition coefficient (Wildman–Crippen LogP) is 1.13. The number of amides is 1. The van der Waals surface area contributed by atoms with Crippen LogP contribution in [0.2, 0.25) is 0 Å². The first kappa shape index (κ1) is 12.4. The Kier molecular flexibility index (Phi) is 4.06. The van der Waals surface area contributed by atoms with Gasteiger partial charge in [-0.1, -0.05) is 24.3 Å². The quantitative estimate of drug-likeness (QED) is 0.849. The Morgan fingerprint density at radius 2 is 2.29 bits per heavy atom. The highest BCUT2D eigenvalue weighted by Crippen LogP contribution is 2.19. The summed E-state index contributed by atoms with van der Waals surface area (Å²) in [6.07, 6.45) is 4.00. The molecule has 1 heterocycles. The zero-order valence-corrected chi connectivity index (χ0v) is 10.7. The Labute approximate surface area is 104 Å². The monoisotopic (exact) mass is 255 g/mol. The van der Waals surface area contributed by atoms with E-state index in [1.165, 1.54) is 0 Å². The van der Waals surface area contributed by atoms with Crippen molar-refractivity contribution in [2.75, 3.05) is 0 Å². The molecule has 1 fully saturated rings. The molecule has 5 nitrogen and oxygen atoms in total. The van der Waals surface area contributed by atoms with E-state index in [1.54, 1.807) is 0 Å². The Morgan fingerprint density at radius 3 is 3.00 bits per heavy atom. The number of nitrogens with one attached hydrogen (secondary N) is 1. The summed E-state index contributed by atoms with van der Waals surface area (Å²) in [5.41, 5.74) is 0.734. The van der Waals surface area contributed by atoms with Gasteiger partial charge in [0.1, 0.15) is 4.88 Å². The fourth-order valence-corrected chi connectivity index (χ4v) is 2.78. The second-order valence-electron chi connectivity index (χ2n) is 4.33. The summed E-state index contributed by atoms with van der Waals surface area (Å²) in [7, 11) is 0. The van der Waals surface area contributed by atoms with Crippen LogP contribution in [0, 0.1) is 0 Å². The summed E-state index contributed by atoms with van der Waals surface area (Å²) >= 11 is 1.12. The number of nitrogens with zero attached hydrogens (tertiary/aromatic N) is 2. The van der Waals surface area contributed by atoms with Crippen LogP contribution in [-0.4, -0.2) is 32.7 Å². The van der Waals surface area contributed by atoms with Crippen LogP contribution in [-0.2, 0) is 6.42 Å². The molecule has 0 bridgehead atoms. The maximum atomic E-state index is 12.0. The third-order valence-electron chi connectivity index (χ3n) is 3.14. The van der Waals surface area contributed by atoms with E-state index in [-0.39, 0.29) is 11.9 Å². The molecule has 0 aromatic carbocycles. The normalized spacial score (nSPS) is 24.6. The molecule has 6 heteroatoms. The van der Waals surface area contributed by atoms with Crippen LogP contribution in [0.4, 0.5) is 0 Å². The molecular formula is C11H17N3O2S. The standard InChI is InChI=1S/C11H17N3O2S/c1-2-7-10(17-14-13-7)11(16)12-8-5-3-4-6-9(8)15/h8-9,15H,2-6H2,1H3,(H,12,16)/t8-,9-/m1/s1. The molecule has 1 aliphatic carbocycles. The van der Waals surface area contributed by atoms with Gasteiger partial charge in [-0.2, -0.15) is 0 Å². The third kappa shape index (κ3) is 2.81. The van der Waals surface area contributed by atoms with Crippen LogP contribution < -0.4 is 5.32 Å². The van der Waals surface area contributed by atoms with Gasteiger partial charge in [0.15, 0.2) is 0 Å². The molecule has 2 atom stereocenters. The zero-order valence-electron chi connectivity index (χ0n) is 9.85. The molecular weight excluding hydrogens is 238 g/mol. The SMILES string of the molecule is CCc1nnsc1C(=O)N[C@@H]1CCCC[C@H]1O. The first-order chi connectivity index (χ1) is 8.22. The largest absolute Gasteiger partial charge is 0.391 e. The summed E-state index contributed by atoms with van der Waals surface area (Å²) in [4.78, 5) is 12.6. The Bertz CT molecular complexity index is 394. The lowest BCUT2D eigenvalue weighted by Crippen LogP contribution is -2.45. The van der Waals surface area contributed by atoms with Crippen molar-refractivity contribution in [3.8, 4) is 0 Å². The summed E-state index contributed by atoms with van der Waals surface area (Å²) in [5, 5.41) is 16.6. The van der Waals surface area contributed by atoms with Crippen molar-refractivity contribution >= 4 is 17.4 Å². The number of carbonyl (C=O) groups is 1. The first-order valence-electron chi connectivity index (χ1n) is 6.02. The third-order valence-corrected chi connectivity index (χ3v) is 3.91. The number of hydrogen-bond acceptors (Lipinski definition) is 5. The molecule has 94 valence electrons. The number of carbonyl (C=O) groups excluding carboxylic acids is 1. The van der Waals surface area contributed by atoms with Crippen molar-refractivity contribution in [2.24, 2.45) is 0 Å². The topological polar surface area (TPSA) is 75.1 Å². The highest BCUT2D eigenvalue weighted by Gasteiger charge is 2.26. The van der Waals surface area contributed by atoms with Crippen LogP contribution in [0.1, 0.15) is 48.0 Å². The van der Waals surface area contributed by atoms with Crippen LogP contribution in [0.15, 0.2) is 0 Å². The second kappa shape index (κ2) is 5.55. The van der Waals surface area contributed by atoms with Gasteiger partial charge in [0.2, 0.25) is 0 Å². The zero-order chi connectivity index (χ0) is 12.3. The van der Waals surface area contributed by atoms with Crippen molar-refractivity contribution in [1.29, 1.82) is 0 Å². The number of aromatic nitrogens is 2. The highest BCUT2D eigenvalue weighted by atomic mass is 32.1. The molecule has 0 unspecified atom stereocenters. The van der Waals surface area contributed by atoms with E-state index in [2.05, 4.69) is 14.9 Å². The van der Waals surface area contributed by atoms with E-state index >= 15 is 0 Å². The Hall–Kier alpha value is -1.01. The summed E-state index contributed by atoms with van der Waals surface area (Å²) < 4.78 is 3.79. The van der Waals surface area contributed by atoms with E-state index in [1.807, 2.05) is 6.92 Å². The Balaban J connectivity index is 2.01. The van der Waals surface area contributed by atoms with Gasteiger partial charge in [0.05, 0.1) is 17.8 Å². The van der Waals surface area contributed by atoms with E-state index in [0.29, 0.717) is 11.3 Å². The van der Waals surface area contributed by atoms with E-state index in [9.17, 15) is 9.90 Å². The van der Waals surface area contributed by atoms with Crippen LogP contribution >= 0.6 is 11.5 Å². The Morgan fingerprint density at radius 1 is 1.53 bits per heavy atom. The molecule has 1 aliphatic rings. The van der Waals surface area contributed by atoms with Gasteiger partial charge in [-0.25, -0.2) is 0 Å². The number of aryl methyl sites for hydroxylation is 1. The van der Waals surface area contributed by atoms with Crippen molar-refractivity contribution < 1.29 is 9.90 Å². The smallest absolute Gasteiger partial charge is 0.265 e. The minimum absolute atomic E-state index is 0.122. The van der Waals surface area contributed by atoms with Crippen molar-refractivity contribution in [1.82, 2.24) is 14.9 Å². The fourth-order valence-electron chi connectivity index (χ4n) is 2.13. The molecule has 1 aromatic heterocycles. The molecule has 0 radical (unpaired) electrons. The van der Waals surface area contributed by atoms with Crippen LogP contribution in [0.5, 0.6) is 0 Å². The average Bonchev–Trinajstić information content (AvgIpc) is 2.80. The lowest BCUT2D eigenvalue weighted by molar-refractivity contribution is 0.0719. The second-order valence-corrected chi connectivity index (χ2v) is 5.09. The van der Waals surface area contributed by atoms with Crippen molar-refractivity contribution in [2.45, 2.75) is 51.2 Å².